The minimum absolute atomic E-state index is 0.0989. The van der Waals surface area contributed by atoms with Crippen molar-refractivity contribution in [2.24, 2.45) is 0 Å². The Balaban J connectivity index is 1.81. The van der Waals surface area contributed by atoms with E-state index in [9.17, 15) is 4.79 Å². The molecule has 2 aromatic carbocycles. The molecule has 0 unspecified atom stereocenters. The Hall–Kier alpha value is -3.45. The van der Waals surface area contributed by atoms with Gasteiger partial charge in [0.2, 0.25) is 5.91 Å². The molecule has 1 heterocycles. The normalized spacial score (nSPS) is 10.4. The molecule has 0 spiro atoms. The van der Waals surface area contributed by atoms with Crippen LogP contribution in [-0.4, -0.2) is 36.1 Å². The average Bonchev–Trinajstić information content (AvgIpc) is 2.73. The predicted octanol–water partition coefficient (Wildman–Crippen LogP) is 4.29. The van der Waals surface area contributed by atoms with E-state index in [1.54, 1.807) is 7.11 Å². The molecule has 29 heavy (non-hydrogen) atoms. The van der Waals surface area contributed by atoms with Crippen molar-refractivity contribution in [2.75, 3.05) is 36.2 Å². The van der Waals surface area contributed by atoms with Gasteiger partial charge >= 0.3 is 0 Å². The van der Waals surface area contributed by atoms with Crippen LogP contribution in [0.1, 0.15) is 13.3 Å². The summed E-state index contributed by atoms with van der Waals surface area (Å²) in [5.74, 6) is 1.96. The van der Waals surface area contributed by atoms with Crippen molar-refractivity contribution < 1.29 is 9.53 Å². The van der Waals surface area contributed by atoms with E-state index < -0.39 is 0 Å². The maximum Gasteiger partial charge on any atom is 0.221 e. The molecule has 3 rings (SSSR count). The number of aromatic nitrogens is 2. The van der Waals surface area contributed by atoms with E-state index >= 15 is 0 Å². The quantitative estimate of drug-likeness (QED) is 0.472. The smallest absolute Gasteiger partial charge is 0.221 e. The highest BCUT2D eigenvalue weighted by atomic mass is 16.5. The minimum Gasteiger partial charge on any atom is -0.385 e. The summed E-state index contributed by atoms with van der Waals surface area (Å²) in [6.07, 6.45) is 0.883. The first-order chi connectivity index (χ1) is 14.1. The standard InChI is InChI=1S/C22H25N5O2/c1-16(28)24-18-9-11-19(12-10-18)25-21-15-20(23-13-6-14-29-2)26-22(27-21)17-7-4-3-5-8-17/h3-5,7-12,15H,6,13-14H2,1-2H3,(H,24,28)(H2,23,25,26,27). The molecule has 150 valence electrons. The molecule has 0 saturated heterocycles. The number of hydrogen-bond acceptors (Lipinski definition) is 6. The summed E-state index contributed by atoms with van der Waals surface area (Å²) >= 11 is 0. The van der Waals surface area contributed by atoms with Crippen LogP contribution in [0, 0.1) is 0 Å². The lowest BCUT2D eigenvalue weighted by Crippen LogP contribution is -2.08. The highest BCUT2D eigenvalue weighted by Crippen LogP contribution is 2.23. The van der Waals surface area contributed by atoms with Gasteiger partial charge in [-0.3, -0.25) is 4.79 Å². The van der Waals surface area contributed by atoms with Gasteiger partial charge in [-0.2, -0.15) is 0 Å². The lowest BCUT2D eigenvalue weighted by Gasteiger charge is -2.12. The first kappa shape index (κ1) is 20.3. The van der Waals surface area contributed by atoms with E-state index in [4.69, 9.17) is 4.74 Å². The van der Waals surface area contributed by atoms with Gasteiger partial charge in [-0.15, -0.1) is 0 Å². The number of ether oxygens (including phenoxy) is 1. The number of rotatable bonds is 9. The van der Waals surface area contributed by atoms with Crippen molar-refractivity contribution >= 4 is 28.9 Å². The molecule has 0 saturated carbocycles. The Morgan fingerprint density at radius 3 is 2.34 bits per heavy atom. The van der Waals surface area contributed by atoms with Crippen LogP contribution in [0.3, 0.4) is 0 Å². The maximum absolute atomic E-state index is 11.2. The first-order valence-electron chi connectivity index (χ1n) is 9.46. The molecular formula is C22H25N5O2. The summed E-state index contributed by atoms with van der Waals surface area (Å²) in [6, 6.07) is 19.2. The molecular weight excluding hydrogens is 366 g/mol. The van der Waals surface area contributed by atoms with E-state index in [2.05, 4.69) is 25.9 Å². The lowest BCUT2D eigenvalue weighted by molar-refractivity contribution is -0.114. The SMILES string of the molecule is COCCCNc1cc(Nc2ccc(NC(C)=O)cc2)nc(-c2ccccc2)n1. The van der Waals surface area contributed by atoms with Crippen molar-refractivity contribution in [1.82, 2.24) is 9.97 Å². The van der Waals surface area contributed by atoms with Crippen molar-refractivity contribution in [3.8, 4) is 11.4 Å². The highest BCUT2D eigenvalue weighted by molar-refractivity contribution is 5.88. The second kappa shape index (κ2) is 10.2. The Labute approximate surface area is 170 Å². The van der Waals surface area contributed by atoms with E-state index in [0.717, 1.165) is 35.7 Å². The van der Waals surface area contributed by atoms with Crippen LogP contribution in [0.4, 0.5) is 23.0 Å². The van der Waals surface area contributed by atoms with Crippen LogP contribution < -0.4 is 16.0 Å². The van der Waals surface area contributed by atoms with E-state index in [1.165, 1.54) is 6.92 Å². The third-order valence-electron chi connectivity index (χ3n) is 4.07. The molecule has 0 fully saturated rings. The maximum atomic E-state index is 11.2. The third-order valence-corrected chi connectivity index (χ3v) is 4.07. The highest BCUT2D eigenvalue weighted by Gasteiger charge is 2.08. The van der Waals surface area contributed by atoms with Gasteiger partial charge in [-0.05, 0) is 30.7 Å². The fourth-order valence-electron chi connectivity index (χ4n) is 2.74. The van der Waals surface area contributed by atoms with Gasteiger partial charge in [0.25, 0.3) is 0 Å². The van der Waals surface area contributed by atoms with Gasteiger partial charge in [0.05, 0.1) is 0 Å². The second-order valence-corrected chi connectivity index (χ2v) is 6.48. The molecule has 7 heteroatoms. The molecule has 0 aliphatic rings. The van der Waals surface area contributed by atoms with E-state index in [0.29, 0.717) is 18.2 Å². The first-order valence-corrected chi connectivity index (χ1v) is 9.46. The molecule has 0 aliphatic heterocycles. The van der Waals surface area contributed by atoms with Crippen LogP contribution >= 0.6 is 0 Å². The Kier molecular flexibility index (Phi) is 7.13. The number of methoxy groups -OCH3 is 1. The van der Waals surface area contributed by atoms with E-state index in [-0.39, 0.29) is 5.91 Å². The second-order valence-electron chi connectivity index (χ2n) is 6.48. The Bertz CT molecular complexity index is 930. The molecule has 0 radical (unpaired) electrons. The van der Waals surface area contributed by atoms with Crippen LogP contribution in [0.5, 0.6) is 0 Å². The summed E-state index contributed by atoms with van der Waals surface area (Å²) in [5, 5.41) is 9.39. The average molecular weight is 391 g/mol. The van der Waals surface area contributed by atoms with Gasteiger partial charge in [0, 0.05) is 50.2 Å². The fraction of sp³-hybridized carbons (Fsp3) is 0.227. The number of hydrogen-bond donors (Lipinski definition) is 3. The number of anilines is 4. The molecule has 0 aliphatic carbocycles. The summed E-state index contributed by atoms with van der Waals surface area (Å²) < 4.78 is 5.10. The molecule has 0 atom stereocenters. The van der Waals surface area contributed by atoms with Crippen molar-refractivity contribution in [3.63, 3.8) is 0 Å². The monoisotopic (exact) mass is 391 g/mol. The van der Waals surface area contributed by atoms with Crippen LogP contribution in [0.25, 0.3) is 11.4 Å². The zero-order chi connectivity index (χ0) is 20.5. The number of nitrogens with zero attached hydrogens (tertiary/aromatic N) is 2. The number of carbonyl (C=O) groups excluding carboxylic acids is 1. The molecule has 1 amide bonds. The lowest BCUT2D eigenvalue weighted by atomic mass is 10.2. The van der Waals surface area contributed by atoms with Crippen molar-refractivity contribution in [3.05, 3.63) is 60.7 Å². The third kappa shape index (κ3) is 6.29. The topological polar surface area (TPSA) is 88.2 Å². The predicted molar refractivity (Wildman–Crippen MR) is 116 cm³/mol. The molecule has 3 aromatic rings. The number of benzene rings is 2. The van der Waals surface area contributed by atoms with Crippen molar-refractivity contribution in [2.45, 2.75) is 13.3 Å². The van der Waals surface area contributed by atoms with Gasteiger partial charge in [0.15, 0.2) is 5.82 Å². The zero-order valence-electron chi connectivity index (χ0n) is 16.6. The summed E-state index contributed by atoms with van der Waals surface area (Å²) in [6.45, 7) is 2.93. The molecule has 7 nitrogen and oxygen atoms in total. The van der Waals surface area contributed by atoms with Gasteiger partial charge in [0.1, 0.15) is 11.6 Å². The number of nitrogens with one attached hydrogen (secondary N) is 3. The van der Waals surface area contributed by atoms with Crippen molar-refractivity contribution in [1.29, 1.82) is 0 Å². The van der Waals surface area contributed by atoms with E-state index in [1.807, 2.05) is 60.7 Å². The Morgan fingerprint density at radius 1 is 0.966 bits per heavy atom. The summed E-state index contributed by atoms with van der Waals surface area (Å²) in [7, 11) is 1.69. The summed E-state index contributed by atoms with van der Waals surface area (Å²) in [4.78, 5) is 20.5. The summed E-state index contributed by atoms with van der Waals surface area (Å²) in [5.41, 5.74) is 2.55. The Morgan fingerprint density at radius 2 is 1.66 bits per heavy atom. The van der Waals surface area contributed by atoms with Crippen LogP contribution in [0.2, 0.25) is 0 Å². The molecule has 3 N–H and O–H groups in total. The minimum atomic E-state index is -0.0989. The van der Waals surface area contributed by atoms with Gasteiger partial charge < -0.3 is 20.7 Å². The molecule has 0 bridgehead atoms. The fourth-order valence-corrected chi connectivity index (χ4v) is 2.74. The van der Waals surface area contributed by atoms with Crippen LogP contribution in [-0.2, 0) is 9.53 Å². The van der Waals surface area contributed by atoms with Crippen LogP contribution in [0.15, 0.2) is 60.7 Å². The number of carbonyl (C=O) groups is 1. The van der Waals surface area contributed by atoms with Gasteiger partial charge in [-0.25, -0.2) is 9.97 Å². The largest absolute Gasteiger partial charge is 0.385 e. The zero-order valence-corrected chi connectivity index (χ0v) is 16.6. The molecule has 1 aromatic heterocycles. The number of amides is 1. The van der Waals surface area contributed by atoms with Gasteiger partial charge in [-0.1, -0.05) is 30.3 Å².